The predicted molar refractivity (Wildman–Crippen MR) is 60.2 cm³/mol. The Morgan fingerprint density at radius 2 is 2.29 bits per heavy atom. The van der Waals surface area contributed by atoms with Crippen molar-refractivity contribution < 1.29 is 0 Å². The third kappa shape index (κ3) is 1.62. The van der Waals surface area contributed by atoms with E-state index < -0.39 is 0 Å². The molecule has 0 saturated carbocycles. The van der Waals surface area contributed by atoms with Gasteiger partial charge in [-0.25, -0.2) is 0 Å². The molecule has 1 aromatic rings. The van der Waals surface area contributed by atoms with E-state index in [2.05, 4.69) is 30.2 Å². The van der Waals surface area contributed by atoms with Crippen LogP contribution in [0, 0.1) is 6.92 Å². The van der Waals surface area contributed by atoms with Crippen LogP contribution in [0.4, 0.5) is 0 Å². The van der Waals surface area contributed by atoms with Crippen molar-refractivity contribution in [2.24, 2.45) is 4.99 Å². The molecule has 74 valence electrons. The summed E-state index contributed by atoms with van der Waals surface area (Å²) in [4.78, 5) is 4.43. The Kier molecular flexibility index (Phi) is 2.46. The Balaban J connectivity index is 2.42. The summed E-state index contributed by atoms with van der Waals surface area (Å²) in [6.45, 7) is 5.00. The Morgan fingerprint density at radius 1 is 1.50 bits per heavy atom. The van der Waals surface area contributed by atoms with Gasteiger partial charge in [-0.2, -0.15) is 0 Å². The van der Waals surface area contributed by atoms with Crippen molar-refractivity contribution in [3.8, 4) is 0 Å². The van der Waals surface area contributed by atoms with Gasteiger partial charge in [-0.15, -0.1) is 0 Å². The van der Waals surface area contributed by atoms with Crippen molar-refractivity contribution in [2.75, 3.05) is 6.54 Å². The number of nitrogens with one attached hydrogen (secondary N) is 1. The van der Waals surface area contributed by atoms with Gasteiger partial charge in [-0.1, -0.05) is 23.7 Å². The van der Waals surface area contributed by atoms with Crippen LogP contribution in [0.15, 0.2) is 23.2 Å². The van der Waals surface area contributed by atoms with Crippen molar-refractivity contribution in [1.82, 2.24) is 5.32 Å². The first-order valence-corrected chi connectivity index (χ1v) is 5.13. The molecule has 0 fully saturated rings. The van der Waals surface area contributed by atoms with Crippen LogP contribution in [0.3, 0.4) is 0 Å². The monoisotopic (exact) mass is 208 g/mol. The number of aliphatic imine (C=N–C) groups is 1. The molecule has 1 atom stereocenters. The summed E-state index contributed by atoms with van der Waals surface area (Å²) in [5.74, 6) is 0.931. The van der Waals surface area contributed by atoms with E-state index in [1.165, 1.54) is 0 Å². The molecule has 0 bridgehead atoms. The third-order valence-electron chi connectivity index (χ3n) is 2.37. The van der Waals surface area contributed by atoms with Gasteiger partial charge in [0.15, 0.2) is 0 Å². The van der Waals surface area contributed by atoms with E-state index >= 15 is 0 Å². The number of amidine groups is 1. The van der Waals surface area contributed by atoms with E-state index in [9.17, 15) is 0 Å². The minimum absolute atomic E-state index is 0.417. The van der Waals surface area contributed by atoms with Gasteiger partial charge in [-0.05, 0) is 25.5 Å². The summed E-state index contributed by atoms with van der Waals surface area (Å²) >= 11 is 6.14. The molecule has 1 aliphatic rings. The zero-order chi connectivity index (χ0) is 10.1. The van der Waals surface area contributed by atoms with E-state index in [0.29, 0.717) is 6.04 Å². The lowest BCUT2D eigenvalue weighted by Crippen LogP contribution is -2.28. The maximum Gasteiger partial charge on any atom is 0.130 e. The molecule has 1 unspecified atom stereocenters. The van der Waals surface area contributed by atoms with Crippen LogP contribution in [0.5, 0.6) is 0 Å². The quantitative estimate of drug-likeness (QED) is 0.753. The lowest BCUT2D eigenvalue weighted by molar-refractivity contribution is 0.726. The van der Waals surface area contributed by atoms with Gasteiger partial charge in [0.25, 0.3) is 0 Å². The third-order valence-corrected chi connectivity index (χ3v) is 2.68. The molecule has 2 nitrogen and oxygen atoms in total. The van der Waals surface area contributed by atoms with Crippen LogP contribution in [0.1, 0.15) is 18.1 Å². The molecular weight excluding hydrogens is 196 g/mol. The highest BCUT2D eigenvalue weighted by molar-refractivity contribution is 6.34. The van der Waals surface area contributed by atoms with Crippen molar-refractivity contribution in [3.63, 3.8) is 0 Å². The average Bonchev–Trinajstić information content (AvgIpc) is 2.51. The molecule has 2 rings (SSSR count). The molecular formula is C11H13ClN2. The Hall–Kier alpha value is -1.02. The van der Waals surface area contributed by atoms with Gasteiger partial charge in [0.05, 0.1) is 11.6 Å². The standard InChI is InChI=1S/C11H13ClN2/c1-7-4-3-5-9(12)10(7)11-13-6-8(2)14-11/h3-5,8H,6H2,1-2H3,(H,13,14). The second-order valence-corrected chi connectivity index (χ2v) is 4.07. The van der Waals surface area contributed by atoms with E-state index in [-0.39, 0.29) is 0 Å². The number of rotatable bonds is 1. The number of aryl methyl sites for hydroxylation is 1. The largest absolute Gasteiger partial charge is 0.366 e. The lowest BCUT2D eigenvalue weighted by Gasteiger charge is -2.10. The first-order chi connectivity index (χ1) is 6.68. The van der Waals surface area contributed by atoms with E-state index in [1.807, 2.05) is 12.1 Å². The molecule has 0 aliphatic carbocycles. The molecule has 14 heavy (non-hydrogen) atoms. The van der Waals surface area contributed by atoms with Gasteiger partial charge < -0.3 is 5.32 Å². The Bertz CT molecular complexity index is 365. The topological polar surface area (TPSA) is 24.4 Å². The fraction of sp³-hybridized carbons (Fsp3) is 0.364. The Morgan fingerprint density at radius 3 is 2.86 bits per heavy atom. The van der Waals surface area contributed by atoms with Crippen LogP contribution in [-0.4, -0.2) is 18.4 Å². The Labute approximate surface area is 89.0 Å². The summed E-state index contributed by atoms with van der Waals surface area (Å²) in [5.41, 5.74) is 2.20. The fourth-order valence-electron chi connectivity index (χ4n) is 1.64. The highest BCUT2D eigenvalue weighted by Gasteiger charge is 2.17. The summed E-state index contributed by atoms with van der Waals surface area (Å²) in [5, 5.41) is 4.09. The van der Waals surface area contributed by atoms with Gasteiger partial charge in [-0.3, -0.25) is 4.99 Å². The summed E-state index contributed by atoms with van der Waals surface area (Å²) in [7, 11) is 0. The maximum atomic E-state index is 6.14. The summed E-state index contributed by atoms with van der Waals surface area (Å²) < 4.78 is 0. The minimum Gasteiger partial charge on any atom is -0.366 e. The molecule has 3 heteroatoms. The molecule has 1 N–H and O–H groups in total. The summed E-state index contributed by atoms with van der Waals surface area (Å²) in [6.07, 6.45) is 0. The smallest absolute Gasteiger partial charge is 0.130 e. The van der Waals surface area contributed by atoms with Gasteiger partial charge >= 0.3 is 0 Å². The van der Waals surface area contributed by atoms with E-state index in [0.717, 1.165) is 28.5 Å². The zero-order valence-electron chi connectivity index (χ0n) is 8.34. The van der Waals surface area contributed by atoms with Crippen LogP contribution in [0.2, 0.25) is 5.02 Å². The van der Waals surface area contributed by atoms with Gasteiger partial charge in [0.1, 0.15) is 5.84 Å². The number of hydrogen-bond donors (Lipinski definition) is 1. The number of nitrogens with zero attached hydrogens (tertiary/aromatic N) is 1. The highest BCUT2D eigenvalue weighted by Crippen LogP contribution is 2.21. The molecule has 0 aromatic heterocycles. The van der Waals surface area contributed by atoms with Crippen molar-refractivity contribution in [2.45, 2.75) is 19.9 Å². The van der Waals surface area contributed by atoms with Crippen LogP contribution in [0.25, 0.3) is 0 Å². The number of halogens is 1. The van der Waals surface area contributed by atoms with Crippen LogP contribution in [-0.2, 0) is 0 Å². The molecule has 1 heterocycles. The number of hydrogen-bond acceptors (Lipinski definition) is 2. The van der Waals surface area contributed by atoms with Crippen molar-refractivity contribution >= 4 is 17.4 Å². The van der Waals surface area contributed by atoms with Crippen molar-refractivity contribution in [3.05, 3.63) is 34.3 Å². The summed E-state index contributed by atoms with van der Waals surface area (Å²) in [6, 6.07) is 6.33. The van der Waals surface area contributed by atoms with E-state index in [4.69, 9.17) is 11.6 Å². The molecule has 0 saturated heterocycles. The van der Waals surface area contributed by atoms with Gasteiger partial charge in [0, 0.05) is 11.6 Å². The molecule has 1 aromatic carbocycles. The molecule has 0 amide bonds. The predicted octanol–water partition coefficient (Wildman–Crippen LogP) is 2.39. The normalized spacial score (nSPS) is 20.5. The molecule has 1 aliphatic heterocycles. The number of benzene rings is 1. The van der Waals surface area contributed by atoms with Gasteiger partial charge in [0.2, 0.25) is 0 Å². The van der Waals surface area contributed by atoms with Crippen LogP contribution < -0.4 is 5.32 Å². The first-order valence-electron chi connectivity index (χ1n) is 4.75. The second-order valence-electron chi connectivity index (χ2n) is 3.67. The fourth-order valence-corrected chi connectivity index (χ4v) is 1.95. The highest BCUT2D eigenvalue weighted by atomic mass is 35.5. The minimum atomic E-state index is 0.417. The van der Waals surface area contributed by atoms with Crippen molar-refractivity contribution in [1.29, 1.82) is 0 Å². The average molecular weight is 209 g/mol. The van der Waals surface area contributed by atoms with E-state index in [1.54, 1.807) is 0 Å². The molecule has 0 radical (unpaired) electrons. The zero-order valence-corrected chi connectivity index (χ0v) is 9.10. The maximum absolute atomic E-state index is 6.14. The SMILES string of the molecule is Cc1cccc(Cl)c1C1=NCC(C)N1. The van der Waals surface area contributed by atoms with Crippen LogP contribution >= 0.6 is 11.6 Å². The first kappa shape index (κ1) is 9.53. The molecule has 0 spiro atoms. The lowest BCUT2D eigenvalue weighted by atomic mass is 10.1. The second kappa shape index (κ2) is 3.62.